The van der Waals surface area contributed by atoms with Crippen LogP contribution in [-0.2, 0) is 0 Å². The Balaban J connectivity index is 2.18. The molecular weight excluding hydrogens is 238 g/mol. The number of hydrogen-bond donors (Lipinski definition) is 1. The molecule has 4 heteroatoms. The first kappa shape index (κ1) is 10.2. The van der Waals surface area contributed by atoms with Gasteiger partial charge in [0.2, 0.25) is 5.78 Å². The van der Waals surface area contributed by atoms with Gasteiger partial charge in [0, 0.05) is 22.1 Å². The second-order valence-corrected chi connectivity index (χ2v) is 4.14. The minimum atomic E-state index is -0.150. The Bertz CT molecular complexity index is 683. The van der Waals surface area contributed by atoms with Gasteiger partial charge in [0.1, 0.15) is 0 Å². The zero-order chi connectivity index (χ0) is 11.8. The van der Waals surface area contributed by atoms with Crippen molar-refractivity contribution in [1.29, 1.82) is 0 Å². The first-order valence-corrected chi connectivity index (χ1v) is 5.48. The summed E-state index contributed by atoms with van der Waals surface area (Å²) in [4.78, 5) is 15.2. The fourth-order valence-corrected chi connectivity index (χ4v) is 1.99. The lowest BCUT2D eigenvalue weighted by Gasteiger charge is -1.96. The number of aromatic amines is 1. The normalized spacial score (nSPS) is 10.9. The Morgan fingerprint density at radius 3 is 2.94 bits per heavy atom. The molecule has 3 aromatic rings. The third kappa shape index (κ3) is 1.65. The van der Waals surface area contributed by atoms with Crippen LogP contribution in [0.5, 0.6) is 0 Å². The zero-order valence-corrected chi connectivity index (χ0v) is 9.49. The van der Waals surface area contributed by atoms with E-state index >= 15 is 0 Å². The molecule has 0 radical (unpaired) electrons. The van der Waals surface area contributed by atoms with E-state index in [1.54, 1.807) is 30.5 Å². The highest BCUT2D eigenvalue weighted by atomic mass is 35.5. The standard InChI is InChI=1S/C13H8ClNO2/c14-8-3-4-11-9(6-8)10(7-15-11)13(16)12-2-1-5-17-12/h1-7,15H. The predicted molar refractivity (Wildman–Crippen MR) is 65.4 cm³/mol. The van der Waals surface area contributed by atoms with Gasteiger partial charge in [0.15, 0.2) is 5.76 Å². The van der Waals surface area contributed by atoms with E-state index in [4.69, 9.17) is 16.0 Å². The van der Waals surface area contributed by atoms with Crippen LogP contribution in [0, 0.1) is 0 Å². The number of furan rings is 1. The molecule has 84 valence electrons. The first-order chi connectivity index (χ1) is 8.25. The van der Waals surface area contributed by atoms with Gasteiger partial charge < -0.3 is 9.40 Å². The molecule has 0 aliphatic heterocycles. The maximum atomic E-state index is 12.1. The lowest BCUT2D eigenvalue weighted by atomic mass is 10.1. The minimum absolute atomic E-state index is 0.150. The van der Waals surface area contributed by atoms with E-state index in [0.29, 0.717) is 16.3 Å². The Hall–Kier alpha value is -2.00. The van der Waals surface area contributed by atoms with Crippen LogP contribution < -0.4 is 0 Å². The summed E-state index contributed by atoms with van der Waals surface area (Å²) in [5, 5.41) is 1.41. The van der Waals surface area contributed by atoms with Gasteiger partial charge in [-0.3, -0.25) is 4.79 Å². The minimum Gasteiger partial charge on any atom is -0.461 e. The Labute approximate surface area is 102 Å². The molecule has 0 fully saturated rings. The predicted octanol–water partition coefficient (Wildman–Crippen LogP) is 3.65. The van der Waals surface area contributed by atoms with Crippen LogP contribution in [0.1, 0.15) is 16.1 Å². The van der Waals surface area contributed by atoms with Crippen LogP contribution in [-0.4, -0.2) is 10.8 Å². The number of fused-ring (bicyclic) bond motifs is 1. The Morgan fingerprint density at radius 2 is 2.18 bits per heavy atom. The average molecular weight is 246 g/mol. The van der Waals surface area contributed by atoms with Gasteiger partial charge in [0.05, 0.1) is 11.8 Å². The lowest BCUT2D eigenvalue weighted by Crippen LogP contribution is -1.97. The number of H-pyrrole nitrogens is 1. The smallest absolute Gasteiger partial charge is 0.230 e. The molecular formula is C13H8ClNO2. The number of carbonyl (C=O) groups excluding carboxylic acids is 1. The highest BCUT2D eigenvalue weighted by Gasteiger charge is 2.16. The number of carbonyl (C=O) groups is 1. The molecule has 0 aliphatic rings. The topological polar surface area (TPSA) is 46.0 Å². The number of ketones is 1. The number of aromatic nitrogens is 1. The summed E-state index contributed by atoms with van der Waals surface area (Å²) < 4.78 is 5.10. The molecule has 17 heavy (non-hydrogen) atoms. The summed E-state index contributed by atoms with van der Waals surface area (Å²) in [5.74, 6) is 0.175. The van der Waals surface area contributed by atoms with Gasteiger partial charge in [-0.1, -0.05) is 11.6 Å². The zero-order valence-electron chi connectivity index (χ0n) is 8.74. The van der Waals surface area contributed by atoms with Crippen molar-refractivity contribution in [3.63, 3.8) is 0 Å². The van der Waals surface area contributed by atoms with Crippen LogP contribution in [0.4, 0.5) is 0 Å². The summed E-state index contributed by atoms with van der Waals surface area (Å²) in [6.07, 6.45) is 3.15. The summed E-state index contributed by atoms with van der Waals surface area (Å²) in [5.41, 5.74) is 1.45. The van der Waals surface area contributed by atoms with Crippen molar-refractivity contribution < 1.29 is 9.21 Å². The summed E-state index contributed by atoms with van der Waals surface area (Å²) in [6.45, 7) is 0. The van der Waals surface area contributed by atoms with Gasteiger partial charge in [-0.15, -0.1) is 0 Å². The van der Waals surface area contributed by atoms with Crippen molar-refractivity contribution >= 4 is 28.3 Å². The van der Waals surface area contributed by atoms with Crippen LogP contribution in [0.15, 0.2) is 47.2 Å². The van der Waals surface area contributed by atoms with Gasteiger partial charge in [0.25, 0.3) is 0 Å². The SMILES string of the molecule is O=C(c1ccco1)c1c[nH]c2ccc(Cl)cc12. The lowest BCUT2D eigenvalue weighted by molar-refractivity contribution is 0.101. The second-order valence-electron chi connectivity index (χ2n) is 3.70. The molecule has 3 rings (SSSR count). The molecule has 0 saturated heterocycles. The summed E-state index contributed by atoms with van der Waals surface area (Å²) in [6, 6.07) is 8.72. The van der Waals surface area contributed by atoms with Crippen LogP contribution in [0.2, 0.25) is 5.02 Å². The van der Waals surface area contributed by atoms with Gasteiger partial charge in [-0.25, -0.2) is 0 Å². The molecule has 2 heterocycles. The average Bonchev–Trinajstić information content (AvgIpc) is 2.97. The van der Waals surface area contributed by atoms with Crippen molar-refractivity contribution in [3.05, 3.63) is 59.1 Å². The Kier molecular flexibility index (Phi) is 2.27. The molecule has 0 spiro atoms. The van der Waals surface area contributed by atoms with Crippen molar-refractivity contribution in [2.45, 2.75) is 0 Å². The van der Waals surface area contributed by atoms with Crippen molar-refractivity contribution in [2.24, 2.45) is 0 Å². The monoisotopic (exact) mass is 245 g/mol. The molecule has 0 amide bonds. The third-order valence-electron chi connectivity index (χ3n) is 2.63. The van der Waals surface area contributed by atoms with Gasteiger partial charge >= 0.3 is 0 Å². The number of benzene rings is 1. The molecule has 1 N–H and O–H groups in total. The summed E-state index contributed by atoms with van der Waals surface area (Å²) in [7, 11) is 0. The molecule has 2 aromatic heterocycles. The fraction of sp³-hybridized carbons (Fsp3) is 0. The highest BCUT2D eigenvalue weighted by molar-refractivity contribution is 6.31. The van der Waals surface area contributed by atoms with Crippen LogP contribution >= 0.6 is 11.6 Å². The molecule has 0 saturated carbocycles. The van der Waals surface area contributed by atoms with E-state index in [2.05, 4.69) is 4.98 Å². The van der Waals surface area contributed by atoms with E-state index in [9.17, 15) is 4.79 Å². The largest absolute Gasteiger partial charge is 0.461 e. The number of nitrogens with one attached hydrogen (secondary N) is 1. The van der Waals surface area contributed by atoms with Gasteiger partial charge in [-0.05, 0) is 30.3 Å². The van der Waals surface area contributed by atoms with Crippen LogP contribution in [0.25, 0.3) is 10.9 Å². The number of halogens is 1. The fourth-order valence-electron chi connectivity index (χ4n) is 1.82. The maximum Gasteiger partial charge on any atom is 0.230 e. The number of rotatable bonds is 2. The maximum absolute atomic E-state index is 12.1. The van der Waals surface area contributed by atoms with Crippen molar-refractivity contribution in [3.8, 4) is 0 Å². The van der Waals surface area contributed by atoms with E-state index in [1.807, 2.05) is 6.07 Å². The van der Waals surface area contributed by atoms with Crippen LogP contribution in [0.3, 0.4) is 0 Å². The Morgan fingerprint density at radius 1 is 1.29 bits per heavy atom. The summed E-state index contributed by atoms with van der Waals surface area (Å²) >= 11 is 5.93. The highest BCUT2D eigenvalue weighted by Crippen LogP contribution is 2.24. The van der Waals surface area contributed by atoms with E-state index in [0.717, 1.165) is 10.9 Å². The second kappa shape index (κ2) is 3.79. The van der Waals surface area contributed by atoms with Crippen molar-refractivity contribution in [2.75, 3.05) is 0 Å². The van der Waals surface area contributed by atoms with Gasteiger partial charge in [-0.2, -0.15) is 0 Å². The first-order valence-electron chi connectivity index (χ1n) is 5.10. The molecule has 1 aromatic carbocycles. The van der Waals surface area contributed by atoms with E-state index < -0.39 is 0 Å². The quantitative estimate of drug-likeness (QED) is 0.701. The number of hydrogen-bond acceptors (Lipinski definition) is 2. The third-order valence-corrected chi connectivity index (χ3v) is 2.87. The molecule has 0 atom stereocenters. The van der Waals surface area contributed by atoms with Crippen molar-refractivity contribution in [1.82, 2.24) is 4.98 Å². The van der Waals surface area contributed by atoms with E-state index in [-0.39, 0.29) is 5.78 Å². The molecule has 0 bridgehead atoms. The molecule has 0 aliphatic carbocycles. The molecule has 3 nitrogen and oxygen atoms in total. The molecule has 0 unspecified atom stereocenters. The van der Waals surface area contributed by atoms with E-state index in [1.165, 1.54) is 6.26 Å².